The van der Waals surface area contributed by atoms with Crippen molar-refractivity contribution in [2.45, 2.75) is 45.9 Å². The number of nitrogens with one attached hydrogen (secondary N) is 1. The summed E-state index contributed by atoms with van der Waals surface area (Å²) in [6.07, 6.45) is 3.36. The molecule has 0 unspecified atom stereocenters. The molecule has 0 saturated heterocycles. The molecule has 0 aliphatic heterocycles. The molecule has 0 aliphatic rings. The zero-order valence-electron chi connectivity index (χ0n) is 18.7. The Morgan fingerprint density at radius 3 is 2.82 bits per heavy atom. The van der Waals surface area contributed by atoms with Crippen molar-refractivity contribution in [3.8, 4) is 16.6 Å². The van der Waals surface area contributed by atoms with E-state index in [0.29, 0.717) is 26.8 Å². The zero-order valence-corrected chi connectivity index (χ0v) is 20.3. The lowest BCUT2D eigenvalue weighted by molar-refractivity contribution is -0.117. The Hall–Kier alpha value is -2.94. The van der Waals surface area contributed by atoms with Gasteiger partial charge in [-0.05, 0) is 30.7 Å². The van der Waals surface area contributed by atoms with Crippen LogP contribution in [0.1, 0.15) is 42.9 Å². The molecule has 0 saturated carbocycles. The fraction of sp³-hybridized carbons (Fsp3) is 0.292. The van der Waals surface area contributed by atoms with Crippen molar-refractivity contribution >= 4 is 34.5 Å². The van der Waals surface area contributed by atoms with Crippen molar-refractivity contribution in [2.24, 2.45) is 5.73 Å². The third kappa shape index (κ3) is 5.35. The molecular formula is C24H26ClN5O2S. The molecule has 0 spiro atoms. The molecular weight excluding hydrogens is 458 g/mol. The van der Waals surface area contributed by atoms with Crippen LogP contribution in [0.15, 0.2) is 48.8 Å². The quantitative estimate of drug-likeness (QED) is 0.357. The Labute approximate surface area is 201 Å². The van der Waals surface area contributed by atoms with E-state index in [4.69, 9.17) is 27.1 Å². The number of nitrogens with two attached hydrogens (primary N) is 1. The van der Waals surface area contributed by atoms with E-state index in [9.17, 15) is 4.79 Å². The van der Waals surface area contributed by atoms with E-state index in [2.05, 4.69) is 24.1 Å². The van der Waals surface area contributed by atoms with Gasteiger partial charge in [0.1, 0.15) is 22.5 Å². The predicted molar refractivity (Wildman–Crippen MR) is 132 cm³/mol. The van der Waals surface area contributed by atoms with Gasteiger partial charge in [-0.2, -0.15) is 4.98 Å². The average molecular weight is 484 g/mol. The predicted octanol–water partition coefficient (Wildman–Crippen LogP) is 4.78. The van der Waals surface area contributed by atoms with Gasteiger partial charge in [-0.3, -0.25) is 9.20 Å². The molecule has 9 heteroatoms. The van der Waals surface area contributed by atoms with Crippen LogP contribution in [-0.2, 0) is 17.8 Å². The molecule has 7 nitrogen and oxygen atoms in total. The van der Waals surface area contributed by atoms with Crippen LogP contribution in [0.4, 0.5) is 0 Å². The lowest BCUT2D eigenvalue weighted by Gasteiger charge is -2.17. The standard InChI is InChI=1S/C24H26ClN5O2S/c1-14(2)27-12-16-7-8-17(18(25)10-16)15(3)32-23-20(11-21(26)31)33-24(29-23)19-13-28-22-6-4-5-9-30(19)22/h4-10,13-15,27H,11-12H2,1-3H3,(H2,26,31)/t15-/m1/s1. The summed E-state index contributed by atoms with van der Waals surface area (Å²) >= 11 is 7.94. The maximum atomic E-state index is 11.7. The molecule has 4 aromatic rings. The lowest BCUT2D eigenvalue weighted by atomic mass is 10.1. The third-order valence-corrected chi connectivity index (χ3v) is 6.52. The molecule has 172 valence electrons. The summed E-state index contributed by atoms with van der Waals surface area (Å²) in [5.74, 6) is -0.0605. The molecule has 0 bridgehead atoms. The zero-order chi connectivity index (χ0) is 23.5. The Morgan fingerprint density at radius 2 is 2.09 bits per heavy atom. The minimum absolute atomic E-state index is 0.0456. The highest BCUT2D eigenvalue weighted by molar-refractivity contribution is 7.15. The molecule has 4 rings (SSSR count). The smallest absolute Gasteiger partial charge is 0.229 e. The van der Waals surface area contributed by atoms with Gasteiger partial charge in [0.05, 0.1) is 17.5 Å². The van der Waals surface area contributed by atoms with Crippen molar-refractivity contribution in [3.63, 3.8) is 0 Å². The number of halogens is 1. The summed E-state index contributed by atoms with van der Waals surface area (Å²) in [4.78, 5) is 21.5. The first-order valence-electron chi connectivity index (χ1n) is 10.7. The maximum Gasteiger partial charge on any atom is 0.229 e. The SMILES string of the molecule is CC(C)NCc1ccc([C@@H](C)Oc2nc(-c3cnc4ccccn34)sc2CC(N)=O)c(Cl)c1. The van der Waals surface area contributed by atoms with Crippen molar-refractivity contribution in [3.05, 3.63) is 69.8 Å². The summed E-state index contributed by atoms with van der Waals surface area (Å²) < 4.78 is 8.15. The number of aromatic nitrogens is 3. The molecule has 1 aromatic carbocycles. The van der Waals surface area contributed by atoms with Crippen molar-refractivity contribution in [1.82, 2.24) is 19.7 Å². The number of amides is 1. The first kappa shape index (κ1) is 23.2. The minimum atomic E-state index is -0.444. The number of fused-ring (bicyclic) bond motifs is 1. The first-order valence-corrected chi connectivity index (χ1v) is 11.9. The lowest BCUT2D eigenvalue weighted by Crippen LogP contribution is -2.21. The summed E-state index contributed by atoms with van der Waals surface area (Å²) in [5.41, 5.74) is 9.07. The number of hydrogen-bond donors (Lipinski definition) is 2. The van der Waals surface area contributed by atoms with Crippen molar-refractivity contribution < 1.29 is 9.53 Å². The van der Waals surface area contributed by atoms with Crippen LogP contribution in [0.3, 0.4) is 0 Å². The largest absolute Gasteiger partial charge is 0.469 e. The van der Waals surface area contributed by atoms with Gasteiger partial charge < -0.3 is 15.8 Å². The van der Waals surface area contributed by atoms with Gasteiger partial charge >= 0.3 is 0 Å². The summed E-state index contributed by atoms with van der Waals surface area (Å²) in [6.45, 7) is 6.86. The van der Waals surface area contributed by atoms with Crippen LogP contribution in [0.2, 0.25) is 5.02 Å². The monoisotopic (exact) mass is 483 g/mol. The molecule has 3 aromatic heterocycles. The Bertz CT molecular complexity index is 1280. The van der Waals surface area contributed by atoms with Gasteiger partial charge in [0.15, 0.2) is 0 Å². The number of primary amides is 1. The van der Waals surface area contributed by atoms with E-state index in [1.165, 1.54) is 11.3 Å². The maximum absolute atomic E-state index is 11.7. The number of carbonyl (C=O) groups is 1. The van der Waals surface area contributed by atoms with Crippen LogP contribution in [0, 0.1) is 0 Å². The Balaban J connectivity index is 1.61. The minimum Gasteiger partial charge on any atom is -0.469 e. The topological polar surface area (TPSA) is 94.5 Å². The number of benzene rings is 1. The third-order valence-electron chi connectivity index (χ3n) is 5.14. The van der Waals surface area contributed by atoms with Crippen molar-refractivity contribution in [1.29, 1.82) is 0 Å². The van der Waals surface area contributed by atoms with Crippen LogP contribution < -0.4 is 15.8 Å². The van der Waals surface area contributed by atoms with Crippen LogP contribution >= 0.6 is 22.9 Å². The number of pyridine rings is 1. The fourth-order valence-electron chi connectivity index (χ4n) is 3.46. The second-order valence-corrected chi connectivity index (χ2v) is 9.61. The van der Waals surface area contributed by atoms with E-state index in [0.717, 1.165) is 29.0 Å². The van der Waals surface area contributed by atoms with Gasteiger partial charge in [0.25, 0.3) is 0 Å². The van der Waals surface area contributed by atoms with Gasteiger partial charge in [-0.15, -0.1) is 11.3 Å². The second kappa shape index (κ2) is 9.91. The number of thiazole rings is 1. The molecule has 1 atom stereocenters. The highest BCUT2D eigenvalue weighted by atomic mass is 35.5. The molecule has 3 heterocycles. The van der Waals surface area contributed by atoms with Crippen LogP contribution in [0.25, 0.3) is 16.3 Å². The number of ether oxygens (including phenoxy) is 1. The molecule has 3 N–H and O–H groups in total. The fourth-order valence-corrected chi connectivity index (χ4v) is 4.83. The van der Waals surface area contributed by atoms with Gasteiger partial charge in [-0.1, -0.05) is 43.6 Å². The molecule has 0 fully saturated rings. The molecule has 1 amide bonds. The number of nitrogens with zero attached hydrogens (tertiary/aromatic N) is 3. The van der Waals surface area contributed by atoms with E-state index in [1.807, 2.05) is 53.9 Å². The normalized spacial score (nSPS) is 12.4. The van der Waals surface area contributed by atoms with E-state index >= 15 is 0 Å². The summed E-state index contributed by atoms with van der Waals surface area (Å²) in [7, 11) is 0. The van der Waals surface area contributed by atoms with Crippen molar-refractivity contribution in [2.75, 3.05) is 0 Å². The average Bonchev–Trinajstić information content (AvgIpc) is 3.36. The van der Waals surface area contributed by atoms with Gasteiger partial charge in [-0.25, -0.2) is 4.98 Å². The number of hydrogen-bond acceptors (Lipinski definition) is 6. The van der Waals surface area contributed by atoms with E-state index in [1.54, 1.807) is 6.20 Å². The summed E-state index contributed by atoms with van der Waals surface area (Å²) in [6, 6.07) is 12.1. The number of carbonyl (C=O) groups excluding carboxylic acids is 1. The molecule has 33 heavy (non-hydrogen) atoms. The van der Waals surface area contributed by atoms with Crippen LogP contribution in [-0.4, -0.2) is 26.3 Å². The molecule has 0 radical (unpaired) electrons. The van der Waals surface area contributed by atoms with E-state index in [-0.39, 0.29) is 12.5 Å². The second-order valence-electron chi connectivity index (χ2n) is 8.11. The summed E-state index contributed by atoms with van der Waals surface area (Å²) in [5, 5.41) is 4.71. The first-order chi connectivity index (χ1) is 15.8. The Kier molecular flexibility index (Phi) is 6.97. The number of imidazole rings is 1. The van der Waals surface area contributed by atoms with Crippen LogP contribution in [0.5, 0.6) is 5.88 Å². The van der Waals surface area contributed by atoms with Gasteiger partial charge in [0.2, 0.25) is 11.8 Å². The van der Waals surface area contributed by atoms with E-state index < -0.39 is 5.91 Å². The molecule has 0 aliphatic carbocycles. The highest BCUT2D eigenvalue weighted by Gasteiger charge is 2.21. The Morgan fingerprint density at radius 1 is 1.27 bits per heavy atom. The van der Waals surface area contributed by atoms with Gasteiger partial charge in [0, 0.05) is 29.4 Å². The highest BCUT2D eigenvalue weighted by Crippen LogP contribution is 2.36. The number of rotatable bonds is 9.